The third kappa shape index (κ3) is 1.87. The highest BCUT2D eigenvalue weighted by molar-refractivity contribution is 5.40. The molecule has 0 radical (unpaired) electrons. The molecule has 2 aromatic rings. The fourth-order valence-electron chi connectivity index (χ4n) is 4.21. The normalized spacial score (nSPS) is 25.8. The van der Waals surface area contributed by atoms with Gasteiger partial charge in [0.15, 0.2) is 0 Å². The first kappa shape index (κ1) is 12.8. The minimum atomic E-state index is 0.103. The molecule has 2 unspecified atom stereocenters. The molecule has 2 atom stereocenters. The maximum absolute atomic E-state index is 4.30. The summed E-state index contributed by atoms with van der Waals surface area (Å²) >= 11 is 0. The van der Waals surface area contributed by atoms with Gasteiger partial charge in [0, 0.05) is 5.92 Å². The third-order valence-corrected chi connectivity index (χ3v) is 5.34. The first-order valence-electron chi connectivity index (χ1n) is 7.88. The topological polar surface area (TPSA) is 28.8 Å². The van der Waals surface area contributed by atoms with Crippen molar-refractivity contribution < 1.29 is 4.57 Å². The van der Waals surface area contributed by atoms with E-state index in [1.54, 1.807) is 0 Å². The SMILES string of the molecule is CC1(C)C2CCCc3ccccc3C2Nc2cncc[n+]21. The van der Waals surface area contributed by atoms with Gasteiger partial charge in [-0.2, -0.15) is 0 Å². The fraction of sp³-hybridized carbons (Fsp3) is 0.444. The van der Waals surface area contributed by atoms with Crippen molar-refractivity contribution in [3.8, 4) is 0 Å². The van der Waals surface area contributed by atoms with Crippen LogP contribution in [-0.2, 0) is 12.0 Å². The molecule has 1 aliphatic heterocycles. The Bertz CT molecular complexity index is 678. The zero-order valence-corrected chi connectivity index (χ0v) is 12.7. The molecule has 1 aromatic heterocycles. The summed E-state index contributed by atoms with van der Waals surface area (Å²) in [4.78, 5) is 4.30. The van der Waals surface area contributed by atoms with Crippen molar-refractivity contribution in [2.45, 2.75) is 44.7 Å². The predicted octanol–water partition coefficient (Wildman–Crippen LogP) is 3.22. The molecule has 2 aliphatic rings. The van der Waals surface area contributed by atoms with Crippen LogP contribution >= 0.6 is 0 Å². The Morgan fingerprint density at radius 1 is 1.29 bits per heavy atom. The molecule has 0 bridgehead atoms. The summed E-state index contributed by atoms with van der Waals surface area (Å²) in [6, 6.07) is 9.31. The monoisotopic (exact) mass is 280 g/mol. The van der Waals surface area contributed by atoms with Crippen molar-refractivity contribution in [3.05, 3.63) is 54.0 Å². The number of nitrogens with one attached hydrogen (secondary N) is 1. The highest BCUT2D eigenvalue weighted by atomic mass is 15.2. The highest BCUT2D eigenvalue weighted by Crippen LogP contribution is 2.44. The standard InChI is InChI=1S/C18H21N3/c1-18(2)15-9-5-7-13-6-3-4-8-14(13)17(15)20-16-12-19-10-11-21(16)18/h3-4,6,8,10-12,15,17H,5,7,9H2,1-2H3/p+1. The second kappa shape index (κ2) is 4.55. The van der Waals surface area contributed by atoms with Gasteiger partial charge in [-0.3, -0.25) is 10.3 Å². The molecule has 0 saturated carbocycles. The predicted molar refractivity (Wildman–Crippen MR) is 83.0 cm³/mol. The van der Waals surface area contributed by atoms with Gasteiger partial charge in [-0.25, -0.2) is 4.57 Å². The molecule has 3 nitrogen and oxygen atoms in total. The van der Waals surface area contributed by atoms with Gasteiger partial charge in [-0.1, -0.05) is 24.3 Å². The Kier molecular flexibility index (Phi) is 2.78. The van der Waals surface area contributed by atoms with Crippen LogP contribution in [0.15, 0.2) is 42.9 Å². The van der Waals surface area contributed by atoms with E-state index in [0.717, 1.165) is 5.82 Å². The maximum atomic E-state index is 4.30. The van der Waals surface area contributed by atoms with E-state index in [4.69, 9.17) is 0 Å². The van der Waals surface area contributed by atoms with Crippen LogP contribution in [0.4, 0.5) is 5.82 Å². The Morgan fingerprint density at radius 2 is 2.14 bits per heavy atom. The van der Waals surface area contributed by atoms with E-state index >= 15 is 0 Å². The molecule has 1 N–H and O–H groups in total. The molecule has 0 amide bonds. The third-order valence-electron chi connectivity index (χ3n) is 5.34. The summed E-state index contributed by atoms with van der Waals surface area (Å²) in [5, 5.41) is 3.75. The van der Waals surface area contributed by atoms with Crippen LogP contribution in [-0.4, -0.2) is 4.98 Å². The van der Waals surface area contributed by atoms with Crippen LogP contribution in [0.25, 0.3) is 0 Å². The van der Waals surface area contributed by atoms with Gasteiger partial charge < -0.3 is 0 Å². The summed E-state index contributed by atoms with van der Waals surface area (Å²) in [5.74, 6) is 1.72. The number of aryl methyl sites for hydroxylation is 1. The molecule has 1 aliphatic carbocycles. The minimum absolute atomic E-state index is 0.103. The first-order valence-corrected chi connectivity index (χ1v) is 7.88. The Balaban J connectivity index is 1.89. The minimum Gasteiger partial charge on any atom is -0.266 e. The molecule has 3 heteroatoms. The second-order valence-electron chi connectivity index (χ2n) is 6.80. The molecule has 0 saturated heterocycles. The highest BCUT2D eigenvalue weighted by Gasteiger charge is 2.49. The number of fused-ring (bicyclic) bond motifs is 4. The molecular formula is C18H22N3+. The van der Waals surface area contributed by atoms with Crippen molar-refractivity contribution >= 4 is 5.82 Å². The lowest BCUT2D eigenvalue weighted by Gasteiger charge is -2.40. The van der Waals surface area contributed by atoms with Gasteiger partial charge in [0.1, 0.15) is 24.0 Å². The summed E-state index contributed by atoms with van der Waals surface area (Å²) < 4.78 is 2.36. The number of aromatic nitrogens is 2. The smallest absolute Gasteiger partial charge is 0.266 e. The molecule has 0 fully saturated rings. The first-order chi connectivity index (χ1) is 10.2. The largest absolute Gasteiger partial charge is 0.294 e. The van der Waals surface area contributed by atoms with E-state index in [1.807, 2.05) is 12.4 Å². The number of nitrogens with zero attached hydrogens (tertiary/aromatic N) is 2. The van der Waals surface area contributed by atoms with Crippen molar-refractivity contribution in [3.63, 3.8) is 0 Å². The second-order valence-corrected chi connectivity index (χ2v) is 6.80. The lowest BCUT2D eigenvalue weighted by Crippen LogP contribution is -2.63. The fourth-order valence-corrected chi connectivity index (χ4v) is 4.21. The van der Waals surface area contributed by atoms with Gasteiger partial charge in [0.05, 0.1) is 6.20 Å². The lowest BCUT2D eigenvalue weighted by atomic mass is 9.75. The summed E-state index contributed by atoms with van der Waals surface area (Å²) in [7, 11) is 0. The average Bonchev–Trinajstić information content (AvgIpc) is 2.68. The number of rotatable bonds is 0. The Labute approximate surface area is 126 Å². The van der Waals surface area contributed by atoms with E-state index in [1.165, 1.54) is 30.4 Å². The summed E-state index contributed by atoms with van der Waals surface area (Å²) in [6.07, 6.45) is 9.66. The van der Waals surface area contributed by atoms with Crippen LogP contribution < -0.4 is 9.88 Å². The van der Waals surface area contributed by atoms with Crippen LogP contribution in [0.3, 0.4) is 0 Å². The molecule has 2 heterocycles. The Hall–Kier alpha value is -1.90. The summed E-state index contributed by atoms with van der Waals surface area (Å²) in [6.45, 7) is 4.73. The lowest BCUT2D eigenvalue weighted by molar-refractivity contribution is -0.759. The van der Waals surface area contributed by atoms with Crippen LogP contribution in [0.2, 0.25) is 0 Å². The molecule has 0 spiro atoms. The summed E-state index contributed by atoms with van der Waals surface area (Å²) in [5.41, 5.74) is 3.08. The van der Waals surface area contributed by atoms with Gasteiger partial charge in [0.25, 0.3) is 5.82 Å². The molecular weight excluding hydrogens is 258 g/mol. The molecule has 4 rings (SSSR count). The van der Waals surface area contributed by atoms with Crippen LogP contribution in [0, 0.1) is 5.92 Å². The number of hydrogen-bond acceptors (Lipinski definition) is 2. The quantitative estimate of drug-likeness (QED) is 0.751. The van der Waals surface area contributed by atoms with E-state index in [2.05, 4.69) is 59.2 Å². The van der Waals surface area contributed by atoms with Gasteiger partial charge in [0.2, 0.25) is 0 Å². The van der Waals surface area contributed by atoms with Gasteiger partial charge in [-0.05, 0) is 44.2 Å². The van der Waals surface area contributed by atoms with Crippen LogP contribution in [0.5, 0.6) is 0 Å². The van der Waals surface area contributed by atoms with Gasteiger partial charge >= 0.3 is 0 Å². The van der Waals surface area contributed by atoms with Crippen molar-refractivity contribution in [1.29, 1.82) is 0 Å². The van der Waals surface area contributed by atoms with Crippen molar-refractivity contribution in [2.24, 2.45) is 5.92 Å². The average molecular weight is 280 g/mol. The van der Waals surface area contributed by atoms with Crippen LogP contribution in [0.1, 0.15) is 43.9 Å². The van der Waals surface area contributed by atoms with E-state index in [9.17, 15) is 0 Å². The number of benzene rings is 1. The van der Waals surface area contributed by atoms with E-state index in [-0.39, 0.29) is 5.54 Å². The molecule has 1 aromatic carbocycles. The number of hydrogen-bond donors (Lipinski definition) is 1. The zero-order valence-electron chi connectivity index (χ0n) is 12.7. The zero-order chi connectivity index (χ0) is 14.4. The molecule has 21 heavy (non-hydrogen) atoms. The van der Waals surface area contributed by atoms with E-state index < -0.39 is 0 Å². The molecule has 108 valence electrons. The van der Waals surface area contributed by atoms with Crippen molar-refractivity contribution in [2.75, 3.05) is 5.32 Å². The maximum Gasteiger partial charge on any atom is 0.294 e. The Morgan fingerprint density at radius 3 is 3.05 bits per heavy atom. The number of anilines is 1. The van der Waals surface area contributed by atoms with Gasteiger partial charge in [-0.15, -0.1) is 0 Å². The van der Waals surface area contributed by atoms with E-state index in [0.29, 0.717) is 12.0 Å². The van der Waals surface area contributed by atoms with Crippen molar-refractivity contribution in [1.82, 2.24) is 4.98 Å².